The van der Waals surface area contributed by atoms with Crippen LogP contribution in [0.3, 0.4) is 0 Å². The van der Waals surface area contributed by atoms with Gasteiger partial charge in [0, 0.05) is 5.41 Å². The van der Waals surface area contributed by atoms with E-state index in [2.05, 4.69) is 19.9 Å². The van der Waals surface area contributed by atoms with Crippen molar-refractivity contribution in [2.75, 3.05) is 0 Å². The van der Waals surface area contributed by atoms with Crippen LogP contribution in [0.5, 0.6) is 0 Å². The van der Waals surface area contributed by atoms with Gasteiger partial charge in [-0.2, -0.15) is 0 Å². The van der Waals surface area contributed by atoms with E-state index in [-0.39, 0.29) is 5.41 Å². The van der Waals surface area contributed by atoms with E-state index in [0.29, 0.717) is 11.2 Å². The molecule has 106 valence electrons. The maximum Gasteiger partial charge on any atom is 0.164 e. The summed E-state index contributed by atoms with van der Waals surface area (Å²) in [5.74, 6) is 2.09. The molecular formula is C18H28O. The van der Waals surface area contributed by atoms with Crippen LogP contribution in [0.15, 0.2) is 11.6 Å². The standard InChI is InChI=1S/C18H28O/c1-13-11-18(10-9-17(3,12-18)16(13)19)14(2)15-7-5-4-6-8-15/h11,14-15H,4-10,12H2,1-3H3/t14?,17-,18+/m1/s1. The Balaban J connectivity index is 1.89. The van der Waals surface area contributed by atoms with Crippen molar-refractivity contribution in [3.8, 4) is 0 Å². The van der Waals surface area contributed by atoms with Gasteiger partial charge in [-0.15, -0.1) is 0 Å². The molecule has 19 heavy (non-hydrogen) atoms. The Bertz CT molecular complexity index is 415. The van der Waals surface area contributed by atoms with Crippen LogP contribution < -0.4 is 0 Å². The second kappa shape index (κ2) is 4.46. The van der Waals surface area contributed by atoms with Crippen molar-refractivity contribution in [3.63, 3.8) is 0 Å². The highest BCUT2D eigenvalue weighted by Crippen LogP contribution is 2.60. The quantitative estimate of drug-likeness (QED) is 0.689. The minimum Gasteiger partial charge on any atom is -0.294 e. The molecule has 3 rings (SSSR count). The number of fused-ring (bicyclic) bond motifs is 2. The molecule has 3 aliphatic rings. The molecule has 2 fully saturated rings. The molecule has 1 nitrogen and oxygen atoms in total. The molecule has 0 amide bonds. The first-order chi connectivity index (χ1) is 8.97. The highest BCUT2D eigenvalue weighted by molar-refractivity contribution is 6.00. The van der Waals surface area contributed by atoms with E-state index in [1.165, 1.54) is 38.5 Å². The number of hydrogen-bond donors (Lipinski definition) is 0. The summed E-state index contributed by atoms with van der Waals surface area (Å²) in [7, 11) is 0. The molecule has 0 saturated heterocycles. The first kappa shape index (κ1) is 13.4. The Hall–Kier alpha value is -0.590. The summed E-state index contributed by atoms with van der Waals surface area (Å²) in [6.07, 6.45) is 13.0. The Labute approximate surface area is 117 Å². The molecule has 0 aromatic carbocycles. The molecule has 0 aromatic heterocycles. The van der Waals surface area contributed by atoms with Gasteiger partial charge in [-0.3, -0.25) is 4.79 Å². The lowest BCUT2D eigenvalue weighted by atomic mass is 9.61. The van der Waals surface area contributed by atoms with Crippen molar-refractivity contribution in [3.05, 3.63) is 11.6 Å². The molecule has 1 heteroatoms. The van der Waals surface area contributed by atoms with E-state index >= 15 is 0 Å². The van der Waals surface area contributed by atoms with E-state index in [1.807, 2.05) is 6.92 Å². The maximum atomic E-state index is 12.4. The summed E-state index contributed by atoms with van der Waals surface area (Å²) in [6.45, 7) is 6.73. The average molecular weight is 260 g/mol. The van der Waals surface area contributed by atoms with Crippen molar-refractivity contribution < 1.29 is 4.79 Å². The van der Waals surface area contributed by atoms with Crippen molar-refractivity contribution in [2.24, 2.45) is 22.7 Å². The first-order valence-electron chi connectivity index (χ1n) is 8.21. The second-order valence-corrected chi connectivity index (χ2v) is 7.81. The van der Waals surface area contributed by atoms with E-state index < -0.39 is 0 Å². The van der Waals surface area contributed by atoms with E-state index in [4.69, 9.17) is 0 Å². The highest BCUT2D eigenvalue weighted by Gasteiger charge is 2.55. The number of carbonyl (C=O) groups is 1. The van der Waals surface area contributed by atoms with E-state index in [0.717, 1.165) is 30.3 Å². The van der Waals surface area contributed by atoms with Crippen LogP contribution in [-0.2, 0) is 4.79 Å². The average Bonchev–Trinajstić information content (AvgIpc) is 2.73. The molecule has 2 saturated carbocycles. The monoisotopic (exact) mass is 260 g/mol. The van der Waals surface area contributed by atoms with Gasteiger partial charge in [-0.1, -0.05) is 52.0 Å². The molecule has 2 bridgehead atoms. The second-order valence-electron chi connectivity index (χ2n) is 7.81. The third-order valence-electron chi connectivity index (χ3n) is 6.54. The minimum absolute atomic E-state index is 0.0399. The van der Waals surface area contributed by atoms with Gasteiger partial charge in [0.05, 0.1) is 0 Å². The fourth-order valence-electron chi connectivity index (χ4n) is 5.33. The number of Topliss-reactive ketones (excluding diaryl/α,β-unsaturated/α-hetero) is 1. The zero-order valence-electron chi connectivity index (χ0n) is 12.8. The SMILES string of the molecule is CC1=C[C@@]2(C(C)C3CCCCC3)CC[C@](C)(C2)C1=O. The third-order valence-corrected chi connectivity index (χ3v) is 6.54. The Morgan fingerprint density at radius 1 is 1.21 bits per heavy atom. The summed E-state index contributed by atoms with van der Waals surface area (Å²) >= 11 is 0. The van der Waals surface area contributed by atoms with Gasteiger partial charge in [0.15, 0.2) is 5.78 Å². The van der Waals surface area contributed by atoms with E-state index in [1.54, 1.807) is 0 Å². The lowest BCUT2D eigenvalue weighted by molar-refractivity contribution is -0.125. The molecule has 0 aromatic rings. The molecular weight excluding hydrogens is 232 g/mol. The predicted molar refractivity (Wildman–Crippen MR) is 78.9 cm³/mol. The topological polar surface area (TPSA) is 17.1 Å². The molecule has 3 atom stereocenters. The van der Waals surface area contributed by atoms with Gasteiger partial charge >= 0.3 is 0 Å². The Morgan fingerprint density at radius 3 is 2.58 bits per heavy atom. The molecule has 1 unspecified atom stereocenters. The van der Waals surface area contributed by atoms with Gasteiger partial charge in [-0.05, 0) is 49.0 Å². The third kappa shape index (κ3) is 2.00. The van der Waals surface area contributed by atoms with Crippen molar-refractivity contribution in [2.45, 2.75) is 72.1 Å². The predicted octanol–water partition coefficient (Wildman–Crippen LogP) is 4.91. The van der Waals surface area contributed by atoms with Crippen molar-refractivity contribution in [1.29, 1.82) is 0 Å². The van der Waals surface area contributed by atoms with Crippen LogP contribution >= 0.6 is 0 Å². The van der Waals surface area contributed by atoms with Gasteiger partial charge in [0.25, 0.3) is 0 Å². The van der Waals surface area contributed by atoms with Gasteiger partial charge in [-0.25, -0.2) is 0 Å². The normalized spacial score (nSPS) is 41.2. The van der Waals surface area contributed by atoms with Crippen LogP contribution in [0.1, 0.15) is 72.1 Å². The van der Waals surface area contributed by atoms with Crippen molar-refractivity contribution in [1.82, 2.24) is 0 Å². The number of allylic oxidation sites excluding steroid dienone is 2. The van der Waals surface area contributed by atoms with E-state index in [9.17, 15) is 4.79 Å². The lowest BCUT2D eigenvalue weighted by Crippen LogP contribution is -2.38. The molecule has 3 aliphatic carbocycles. The van der Waals surface area contributed by atoms with Crippen LogP contribution in [0.2, 0.25) is 0 Å². The highest BCUT2D eigenvalue weighted by atomic mass is 16.1. The van der Waals surface area contributed by atoms with Gasteiger partial charge in [0.1, 0.15) is 0 Å². The maximum absolute atomic E-state index is 12.4. The molecule has 0 aliphatic heterocycles. The van der Waals surface area contributed by atoms with Gasteiger partial charge in [0.2, 0.25) is 0 Å². The summed E-state index contributed by atoms with van der Waals surface area (Å²) < 4.78 is 0. The van der Waals surface area contributed by atoms with Crippen LogP contribution in [0.4, 0.5) is 0 Å². The number of ketones is 1. The number of rotatable bonds is 2. The molecule has 0 heterocycles. The Kier molecular flexibility index (Phi) is 3.15. The largest absolute Gasteiger partial charge is 0.294 e. The van der Waals surface area contributed by atoms with Crippen LogP contribution in [0, 0.1) is 22.7 Å². The zero-order chi connectivity index (χ0) is 13.7. The molecule has 0 spiro atoms. The van der Waals surface area contributed by atoms with Gasteiger partial charge < -0.3 is 0 Å². The Morgan fingerprint density at radius 2 is 1.89 bits per heavy atom. The van der Waals surface area contributed by atoms with Crippen LogP contribution in [-0.4, -0.2) is 5.78 Å². The first-order valence-corrected chi connectivity index (χ1v) is 8.21. The fourth-order valence-corrected chi connectivity index (χ4v) is 5.33. The molecule has 0 radical (unpaired) electrons. The summed E-state index contributed by atoms with van der Waals surface area (Å²) in [6, 6.07) is 0. The summed E-state index contributed by atoms with van der Waals surface area (Å²) in [4.78, 5) is 12.4. The van der Waals surface area contributed by atoms with Crippen LogP contribution in [0.25, 0.3) is 0 Å². The molecule has 0 N–H and O–H groups in total. The van der Waals surface area contributed by atoms with Crippen molar-refractivity contribution >= 4 is 5.78 Å². The number of carbonyl (C=O) groups excluding carboxylic acids is 1. The fraction of sp³-hybridized carbons (Fsp3) is 0.833. The minimum atomic E-state index is -0.0399. The number of hydrogen-bond acceptors (Lipinski definition) is 1. The lowest BCUT2D eigenvalue weighted by Gasteiger charge is -2.43. The zero-order valence-corrected chi connectivity index (χ0v) is 12.8. The summed E-state index contributed by atoms with van der Waals surface area (Å²) in [5.41, 5.74) is 1.35. The summed E-state index contributed by atoms with van der Waals surface area (Å²) in [5, 5.41) is 0. The smallest absolute Gasteiger partial charge is 0.164 e.